The molecule has 0 fully saturated rings. The Kier molecular flexibility index (Phi) is 4.60. The second kappa shape index (κ2) is 6.61. The van der Waals surface area contributed by atoms with Crippen molar-refractivity contribution in [3.8, 4) is 11.5 Å². The van der Waals surface area contributed by atoms with Crippen LogP contribution in [0.4, 0.5) is 0 Å². The first-order valence-corrected chi connectivity index (χ1v) is 6.44. The van der Waals surface area contributed by atoms with Gasteiger partial charge in [-0.05, 0) is 36.8 Å². The van der Waals surface area contributed by atoms with E-state index in [1.165, 1.54) is 5.56 Å². The molecule has 4 nitrogen and oxygen atoms in total. The van der Waals surface area contributed by atoms with E-state index >= 15 is 0 Å². The Balaban J connectivity index is 1.91. The Labute approximate surface area is 118 Å². The van der Waals surface area contributed by atoms with E-state index < -0.39 is 0 Å². The van der Waals surface area contributed by atoms with Crippen molar-refractivity contribution in [2.24, 2.45) is 5.73 Å². The van der Waals surface area contributed by atoms with Gasteiger partial charge in [-0.25, -0.2) is 0 Å². The highest BCUT2D eigenvalue weighted by molar-refractivity contribution is 5.67. The molecule has 0 saturated heterocycles. The molecule has 4 heteroatoms. The normalized spacial score (nSPS) is 10.1. The fourth-order valence-electron chi connectivity index (χ4n) is 1.75. The van der Waals surface area contributed by atoms with Crippen molar-refractivity contribution in [3.63, 3.8) is 0 Å². The summed E-state index contributed by atoms with van der Waals surface area (Å²) in [6, 6.07) is 15.5. The highest BCUT2D eigenvalue weighted by atomic mass is 16.5. The Hall–Kier alpha value is -2.49. The molecule has 0 unspecified atom stereocenters. The standard InChI is InChI=1S/C16H18N2O2/c1-12-2-6-14(7-3-12)20-15-8-4-13(5-9-15)10-11-19-16(17)18/h2-9H,10-11H2,1H3,(H3,17,18). The van der Waals surface area contributed by atoms with Gasteiger partial charge in [0.2, 0.25) is 0 Å². The third-order valence-corrected chi connectivity index (χ3v) is 2.83. The van der Waals surface area contributed by atoms with Crippen LogP contribution in [0.5, 0.6) is 11.5 Å². The third kappa shape index (κ3) is 4.31. The Morgan fingerprint density at radius 3 is 2.10 bits per heavy atom. The summed E-state index contributed by atoms with van der Waals surface area (Å²) in [7, 11) is 0. The van der Waals surface area contributed by atoms with Crippen LogP contribution in [0, 0.1) is 12.3 Å². The third-order valence-electron chi connectivity index (χ3n) is 2.83. The highest BCUT2D eigenvalue weighted by Gasteiger charge is 1.99. The van der Waals surface area contributed by atoms with Gasteiger partial charge in [0.1, 0.15) is 11.5 Å². The van der Waals surface area contributed by atoms with Crippen molar-refractivity contribution >= 4 is 6.02 Å². The lowest BCUT2D eigenvalue weighted by molar-refractivity contribution is 0.301. The van der Waals surface area contributed by atoms with Gasteiger partial charge >= 0.3 is 0 Å². The van der Waals surface area contributed by atoms with E-state index in [-0.39, 0.29) is 6.02 Å². The van der Waals surface area contributed by atoms with Gasteiger partial charge in [0, 0.05) is 6.42 Å². The van der Waals surface area contributed by atoms with Gasteiger partial charge in [-0.1, -0.05) is 29.8 Å². The van der Waals surface area contributed by atoms with E-state index in [2.05, 4.69) is 0 Å². The molecule has 0 aliphatic heterocycles. The number of hydrogen-bond acceptors (Lipinski definition) is 3. The average Bonchev–Trinajstić information content (AvgIpc) is 2.43. The summed E-state index contributed by atoms with van der Waals surface area (Å²) >= 11 is 0. The zero-order valence-corrected chi connectivity index (χ0v) is 11.4. The topological polar surface area (TPSA) is 68.3 Å². The molecule has 0 bridgehead atoms. The molecule has 0 aliphatic rings. The number of ether oxygens (including phenoxy) is 2. The van der Waals surface area contributed by atoms with Crippen LogP contribution in [-0.2, 0) is 11.2 Å². The Morgan fingerprint density at radius 2 is 1.55 bits per heavy atom. The molecule has 2 aromatic rings. The molecule has 104 valence electrons. The maximum Gasteiger partial charge on any atom is 0.279 e. The summed E-state index contributed by atoms with van der Waals surface area (Å²) in [5.41, 5.74) is 7.44. The summed E-state index contributed by atoms with van der Waals surface area (Å²) in [6.45, 7) is 2.45. The second-order valence-electron chi connectivity index (χ2n) is 4.52. The number of amidine groups is 1. The van der Waals surface area contributed by atoms with E-state index in [0.717, 1.165) is 17.1 Å². The monoisotopic (exact) mass is 270 g/mol. The number of benzene rings is 2. The van der Waals surface area contributed by atoms with Gasteiger partial charge < -0.3 is 15.2 Å². The molecule has 0 amide bonds. The minimum absolute atomic E-state index is 0.246. The summed E-state index contributed by atoms with van der Waals surface area (Å²) in [4.78, 5) is 0. The molecule has 0 atom stereocenters. The maximum atomic E-state index is 6.97. The number of nitrogens with one attached hydrogen (secondary N) is 1. The minimum Gasteiger partial charge on any atom is -0.465 e. The summed E-state index contributed by atoms with van der Waals surface area (Å²) < 4.78 is 10.7. The molecular formula is C16H18N2O2. The Bertz CT molecular complexity index is 562. The molecule has 0 spiro atoms. The molecular weight excluding hydrogens is 252 g/mol. The maximum absolute atomic E-state index is 6.97. The molecule has 0 aliphatic carbocycles. The van der Waals surface area contributed by atoms with Gasteiger partial charge in [0.15, 0.2) is 0 Å². The summed E-state index contributed by atoms with van der Waals surface area (Å²) in [5.74, 6) is 1.62. The lowest BCUT2D eigenvalue weighted by atomic mass is 10.1. The lowest BCUT2D eigenvalue weighted by Gasteiger charge is -2.07. The van der Waals surface area contributed by atoms with Gasteiger partial charge in [0.05, 0.1) is 6.61 Å². The second-order valence-corrected chi connectivity index (χ2v) is 4.52. The quantitative estimate of drug-likeness (QED) is 0.647. The number of aryl methyl sites for hydroxylation is 1. The zero-order chi connectivity index (χ0) is 14.4. The lowest BCUT2D eigenvalue weighted by Crippen LogP contribution is -2.15. The molecule has 3 N–H and O–H groups in total. The van der Waals surface area contributed by atoms with Crippen molar-refractivity contribution in [2.75, 3.05) is 6.61 Å². The molecule has 2 aromatic carbocycles. The predicted molar refractivity (Wildman–Crippen MR) is 79.3 cm³/mol. The fourth-order valence-corrected chi connectivity index (χ4v) is 1.75. The number of nitrogens with two attached hydrogens (primary N) is 1. The van der Waals surface area contributed by atoms with E-state index in [0.29, 0.717) is 13.0 Å². The smallest absolute Gasteiger partial charge is 0.279 e. The average molecular weight is 270 g/mol. The van der Waals surface area contributed by atoms with Gasteiger partial charge in [-0.3, -0.25) is 5.41 Å². The largest absolute Gasteiger partial charge is 0.465 e. The molecule has 0 saturated carbocycles. The highest BCUT2D eigenvalue weighted by Crippen LogP contribution is 2.22. The predicted octanol–water partition coefficient (Wildman–Crippen LogP) is 3.24. The van der Waals surface area contributed by atoms with E-state index in [4.69, 9.17) is 20.6 Å². The van der Waals surface area contributed by atoms with Crippen LogP contribution in [0.2, 0.25) is 0 Å². The first-order valence-electron chi connectivity index (χ1n) is 6.44. The van der Waals surface area contributed by atoms with E-state index in [1.807, 2.05) is 55.5 Å². The number of rotatable bonds is 5. The van der Waals surface area contributed by atoms with E-state index in [1.54, 1.807) is 0 Å². The van der Waals surface area contributed by atoms with Crippen LogP contribution in [0.15, 0.2) is 48.5 Å². The van der Waals surface area contributed by atoms with Crippen molar-refractivity contribution < 1.29 is 9.47 Å². The summed E-state index contributed by atoms with van der Waals surface area (Å²) in [6.07, 6.45) is 0.713. The van der Waals surface area contributed by atoms with Crippen LogP contribution in [0.25, 0.3) is 0 Å². The summed E-state index contributed by atoms with van der Waals surface area (Å²) in [5, 5.41) is 6.97. The SMILES string of the molecule is Cc1ccc(Oc2ccc(CCOC(=N)N)cc2)cc1. The molecule has 0 heterocycles. The van der Waals surface area contributed by atoms with Gasteiger partial charge in [-0.2, -0.15) is 0 Å². The van der Waals surface area contributed by atoms with Crippen LogP contribution in [0.3, 0.4) is 0 Å². The fraction of sp³-hybridized carbons (Fsp3) is 0.188. The van der Waals surface area contributed by atoms with Crippen molar-refractivity contribution in [1.29, 1.82) is 5.41 Å². The first kappa shape index (κ1) is 13.9. The van der Waals surface area contributed by atoms with Gasteiger partial charge in [-0.15, -0.1) is 0 Å². The van der Waals surface area contributed by atoms with Crippen molar-refractivity contribution in [2.45, 2.75) is 13.3 Å². The molecule has 20 heavy (non-hydrogen) atoms. The molecule has 2 rings (SSSR count). The van der Waals surface area contributed by atoms with Gasteiger partial charge in [0.25, 0.3) is 6.02 Å². The van der Waals surface area contributed by atoms with Crippen molar-refractivity contribution in [1.82, 2.24) is 0 Å². The number of hydrogen-bond donors (Lipinski definition) is 2. The minimum atomic E-state index is -0.246. The van der Waals surface area contributed by atoms with Crippen LogP contribution >= 0.6 is 0 Å². The van der Waals surface area contributed by atoms with Crippen molar-refractivity contribution in [3.05, 3.63) is 59.7 Å². The molecule has 0 aromatic heterocycles. The Morgan fingerprint density at radius 1 is 1.00 bits per heavy atom. The zero-order valence-electron chi connectivity index (χ0n) is 11.4. The van der Waals surface area contributed by atoms with Crippen LogP contribution < -0.4 is 10.5 Å². The van der Waals surface area contributed by atoms with E-state index in [9.17, 15) is 0 Å². The molecule has 0 radical (unpaired) electrons. The van der Waals surface area contributed by atoms with Crippen LogP contribution in [-0.4, -0.2) is 12.6 Å². The van der Waals surface area contributed by atoms with Crippen LogP contribution in [0.1, 0.15) is 11.1 Å². The first-order chi connectivity index (χ1) is 9.63.